The lowest BCUT2D eigenvalue weighted by Crippen LogP contribution is -2.42. The van der Waals surface area contributed by atoms with Crippen molar-refractivity contribution in [1.29, 1.82) is 0 Å². The lowest BCUT2D eigenvalue weighted by molar-refractivity contribution is -0.140. The first-order chi connectivity index (χ1) is 11.0. The molecule has 0 radical (unpaired) electrons. The summed E-state index contributed by atoms with van der Waals surface area (Å²) in [5, 5.41) is 2.10. The number of fused-ring (bicyclic) bond motifs is 1. The molecule has 0 heterocycles. The fourth-order valence-electron chi connectivity index (χ4n) is 3.09. The Labute approximate surface area is 136 Å². The monoisotopic (exact) mass is 308 g/mol. The van der Waals surface area contributed by atoms with E-state index in [1.807, 2.05) is 42.5 Å². The Kier molecular flexibility index (Phi) is 4.03. The summed E-state index contributed by atoms with van der Waals surface area (Å²) in [6, 6.07) is 13.8. The minimum Gasteiger partial charge on any atom is -0.489 e. The van der Waals surface area contributed by atoms with Crippen LogP contribution in [0.2, 0.25) is 0 Å². The molecule has 1 saturated carbocycles. The molecule has 0 N–H and O–H groups in total. The Morgan fingerprint density at radius 1 is 1.09 bits per heavy atom. The third-order valence-electron chi connectivity index (χ3n) is 4.78. The third kappa shape index (κ3) is 2.67. The molecule has 2 aromatic carbocycles. The molecule has 0 unspecified atom stereocenters. The Balaban J connectivity index is 1.81. The SMILES string of the molecule is C=C(COc1cccc2ccccc12)C1(C)C(=O)CCCC1=O. The van der Waals surface area contributed by atoms with E-state index in [-0.39, 0.29) is 18.2 Å². The van der Waals surface area contributed by atoms with Crippen LogP contribution in [0, 0.1) is 5.41 Å². The second-order valence-electron chi connectivity index (χ2n) is 6.19. The van der Waals surface area contributed by atoms with Gasteiger partial charge in [-0.1, -0.05) is 43.0 Å². The van der Waals surface area contributed by atoms with Gasteiger partial charge in [-0.15, -0.1) is 0 Å². The lowest BCUT2D eigenvalue weighted by atomic mass is 9.69. The van der Waals surface area contributed by atoms with Crippen molar-refractivity contribution in [1.82, 2.24) is 0 Å². The normalized spacial score (nSPS) is 17.3. The smallest absolute Gasteiger partial charge is 0.150 e. The molecule has 0 amide bonds. The van der Waals surface area contributed by atoms with E-state index in [0.717, 1.165) is 16.5 Å². The van der Waals surface area contributed by atoms with Crippen LogP contribution in [-0.4, -0.2) is 18.2 Å². The Bertz CT molecular complexity index is 767. The number of Topliss-reactive ketones (excluding diaryl/α,β-unsaturated/α-hetero) is 2. The molecular formula is C20H20O3. The third-order valence-corrected chi connectivity index (χ3v) is 4.78. The number of hydrogen-bond donors (Lipinski definition) is 0. The van der Waals surface area contributed by atoms with Gasteiger partial charge in [0, 0.05) is 18.2 Å². The molecule has 1 fully saturated rings. The van der Waals surface area contributed by atoms with Gasteiger partial charge in [0.05, 0.1) is 0 Å². The maximum absolute atomic E-state index is 12.3. The summed E-state index contributed by atoms with van der Waals surface area (Å²) in [4.78, 5) is 24.5. The summed E-state index contributed by atoms with van der Waals surface area (Å²) in [6.07, 6.45) is 1.52. The number of benzene rings is 2. The molecular weight excluding hydrogens is 288 g/mol. The predicted molar refractivity (Wildman–Crippen MR) is 90.6 cm³/mol. The first-order valence-electron chi connectivity index (χ1n) is 7.89. The van der Waals surface area contributed by atoms with Gasteiger partial charge < -0.3 is 4.74 Å². The standard InChI is InChI=1S/C20H20O3/c1-14(20(2)18(21)11-6-12-19(20)22)13-23-17-10-5-8-15-7-3-4-9-16(15)17/h3-5,7-10H,1,6,11-13H2,2H3. The van der Waals surface area contributed by atoms with Gasteiger partial charge >= 0.3 is 0 Å². The van der Waals surface area contributed by atoms with Gasteiger partial charge in [0.15, 0.2) is 0 Å². The van der Waals surface area contributed by atoms with E-state index in [1.165, 1.54) is 0 Å². The van der Waals surface area contributed by atoms with Crippen molar-refractivity contribution in [2.75, 3.05) is 6.61 Å². The minimum atomic E-state index is -1.09. The number of hydrogen-bond acceptors (Lipinski definition) is 3. The van der Waals surface area contributed by atoms with Gasteiger partial charge in [0.1, 0.15) is 29.3 Å². The molecule has 3 heteroatoms. The predicted octanol–water partition coefficient (Wildman–Crippen LogP) is 4.10. The van der Waals surface area contributed by atoms with Crippen molar-refractivity contribution in [3.05, 3.63) is 54.6 Å². The Morgan fingerprint density at radius 3 is 2.48 bits per heavy atom. The van der Waals surface area contributed by atoms with Gasteiger partial charge in [0.25, 0.3) is 0 Å². The molecule has 118 valence electrons. The summed E-state index contributed by atoms with van der Waals surface area (Å²) in [7, 11) is 0. The largest absolute Gasteiger partial charge is 0.489 e. The Hall–Kier alpha value is -2.42. The molecule has 3 rings (SSSR count). The van der Waals surface area contributed by atoms with E-state index in [2.05, 4.69) is 6.58 Å². The van der Waals surface area contributed by atoms with Crippen LogP contribution in [0.15, 0.2) is 54.6 Å². The number of ether oxygens (including phenoxy) is 1. The molecule has 23 heavy (non-hydrogen) atoms. The van der Waals surface area contributed by atoms with Crippen molar-refractivity contribution in [2.24, 2.45) is 5.41 Å². The van der Waals surface area contributed by atoms with Gasteiger partial charge in [-0.3, -0.25) is 9.59 Å². The van der Waals surface area contributed by atoms with Crippen LogP contribution in [0.4, 0.5) is 0 Å². The molecule has 2 aromatic rings. The molecule has 3 nitrogen and oxygen atoms in total. The molecule has 0 aliphatic heterocycles. The van der Waals surface area contributed by atoms with Crippen LogP contribution in [0.5, 0.6) is 5.75 Å². The van der Waals surface area contributed by atoms with Crippen LogP contribution in [0.1, 0.15) is 26.2 Å². The summed E-state index contributed by atoms with van der Waals surface area (Å²) in [5.74, 6) is 0.657. The van der Waals surface area contributed by atoms with E-state index < -0.39 is 5.41 Å². The first kappa shape index (κ1) is 15.5. The van der Waals surface area contributed by atoms with Crippen molar-refractivity contribution >= 4 is 22.3 Å². The van der Waals surface area contributed by atoms with E-state index in [9.17, 15) is 9.59 Å². The number of carbonyl (C=O) groups excluding carboxylic acids is 2. The van der Waals surface area contributed by atoms with Crippen LogP contribution in [-0.2, 0) is 9.59 Å². The topological polar surface area (TPSA) is 43.4 Å². The second-order valence-corrected chi connectivity index (χ2v) is 6.19. The lowest BCUT2D eigenvalue weighted by Gasteiger charge is -2.32. The number of ketones is 2. The van der Waals surface area contributed by atoms with Gasteiger partial charge in [-0.25, -0.2) is 0 Å². The van der Waals surface area contributed by atoms with Crippen molar-refractivity contribution in [2.45, 2.75) is 26.2 Å². The highest BCUT2D eigenvalue weighted by atomic mass is 16.5. The molecule has 1 aliphatic rings. The number of carbonyl (C=O) groups is 2. The summed E-state index contributed by atoms with van der Waals surface area (Å²) >= 11 is 0. The highest BCUT2D eigenvalue weighted by molar-refractivity contribution is 6.11. The zero-order chi connectivity index (χ0) is 16.4. The van der Waals surface area contributed by atoms with Crippen LogP contribution in [0.3, 0.4) is 0 Å². The molecule has 1 aliphatic carbocycles. The highest BCUT2D eigenvalue weighted by Crippen LogP contribution is 2.36. The fraction of sp³-hybridized carbons (Fsp3) is 0.300. The average molecular weight is 308 g/mol. The summed E-state index contributed by atoms with van der Waals surface area (Å²) in [6.45, 7) is 5.83. The van der Waals surface area contributed by atoms with E-state index in [4.69, 9.17) is 4.74 Å². The molecule has 0 spiro atoms. The minimum absolute atomic E-state index is 0.0414. The van der Waals surface area contributed by atoms with Gasteiger partial charge in [-0.2, -0.15) is 0 Å². The maximum Gasteiger partial charge on any atom is 0.150 e. The van der Waals surface area contributed by atoms with Crippen LogP contribution >= 0.6 is 0 Å². The zero-order valence-electron chi connectivity index (χ0n) is 13.3. The molecule has 0 bridgehead atoms. The van der Waals surface area contributed by atoms with Crippen LogP contribution in [0.25, 0.3) is 10.8 Å². The Morgan fingerprint density at radius 2 is 1.74 bits per heavy atom. The second kappa shape index (κ2) is 5.99. The van der Waals surface area contributed by atoms with E-state index >= 15 is 0 Å². The van der Waals surface area contributed by atoms with E-state index in [1.54, 1.807) is 6.92 Å². The fourth-order valence-corrected chi connectivity index (χ4v) is 3.09. The molecule has 0 atom stereocenters. The summed E-state index contributed by atoms with van der Waals surface area (Å²) < 4.78 is 5.89. The van der Waals surface area contributed by atoms with Crippen molar-refractivity contribution in [3.63, 3.8) is 0 Å². The zero-order valence-corrected chi connectivity index (χ0v) is 13.3. The van der Waals surface area contributed by atoms with Gasteiger partial charge in [-0.05, 0) is 30.4 Å². The average Bonchev–Trinajstić information content (AvgIpc) is 2.57. The van der Waals surface area contributed by atoms with Crippen molar-refractivity contribution < 1.29 is 14.3 Å². The molecule has 0 saturated heterocycles. The summed E-state index contributed by atoms with van der Waals surface area (Å²) in [5.41, 5.74) is -0.553. The van der Waals surface area contributed by atoms with E-state index in [0.29, 0.717) is 24.8 Å². The quantitative estimate of drug-likeness (QED) is 0.631. The highest BCUT2D eigenvalue weighted by Gasteiger charge is 2.44. The van der Waals surface area contributed by atoms with Crippen LogP contribution < -0.4 is 4.74 Å². The molecule has 0 aromatic heterocycles. The first-order valence-corrected chi connectivity index (χ1v) is 7.89. The maximum atomic E-state index is 12.3. The van der Waals surface area contributed by atoms with Gasteiger partial charge in [0.2, 0.25) is 0 Å². The van der Waals surface area contributed by atoms with Crippen molar-refractivity contribution in [3.8, 4) is 5.75 Å². The number of rotatable bonds is 4.